The lowest BCUT2D eigenvalue weighted by atomic mass is 10.0. The molecule has 0 aliphatic rings. The lowest BCUT2D eigenvalue weighted by Crippen LogP contribution is -2.38. The van der Waals surface area contributed by atoms with Crippen molar-refractivity contribution < 1.29 is 19.1 Å². The minimum Gasteiger partial charge on any atom is -0.468 e. The van der Waals surface area contributed by atoms with Gasteiger partial charge in [-0.1, -0.05) is 19.9 Å². The van der Waals surface area contributed by atoms with Gasteiger partial charge in [0.25, 0.3) is 0 Å². The standard InChI is InChI=1S/C13H23NO4/c1-9(2)8-11(13(16)18-5)14-7-6-10(3)12(15)17-4/h6,9,11,14H,7-8H2,1-5H3/b10-6-. The third-order valence-corrected chi connectivity index (χ3v) is 2.47. The fourth-order valence-corrected chi connectivity index (χ4v) is 1.48. The molecule has 0 rings (SSSR count). The minimum absolute atomic E-state index is 0.284. The van der Waals surface area contributed by atoms with Crippen molar-refractivity contribution in [3.8, 4) is 0 Å². The van der Waals surface area contributed by atoms with E-state index in [1.165, 1.54) is 14.2 Å². The van der Waals surface area contributed by atoms with E-state index in [0.29, 0.717) is 24.5 Å². The van der Waals surface area contributed by atoms with Crippen LogP contribution >= 0.6 is 0 Å². The predicted octanol–water partition coefficient (Wildman–Crippen LogP) is 1.28. The Morgan fingerprint density at radius 2 is 1.83 bits per heavy atom. The zero-order valence-corrected chi connectivity index (χ0v) is 11.8. The maximum Gasteiger partial charge on any atom is 0.333 e. The molecule has 0 saturated heterocycles. The number of ether oxygens (including phenoxy) is 2. The maximum atomic E-state index is 11.5. The first kappa shape index (κ1) is 16.6. The molecule has 0 spiro atoms. The van der Waals surface area contributed by atoms with Crippen LogP contribution in [0.3, 0.4) is 0 Å². The summed E-state index contributed by atoms with van der Waals surface area (Å²) in [5, 5.41) is 3.05. The Hall–Kier alpha value is -1.36. The molecule has 0 radical (unpaired) electrons. The van der Waals surface area contributed by atoms with Gasteiger partial charge in [-0.3, -0.25) is 4.79 Å². The average Bonchev–Trinajstić information content (AvgIpc) is 2.34. The molecule has 0 aromatic rings. The molecule has 0 fully saturated rings. The fraction of sp³-hybridized carbons (Fsp3) is 0.692. The monoisotopic (exact) mass is 257 g/mol. The van der Waals surface area contributed by atoms with Gasteiger partial charge in [0.1, 0.15) is 6.04 Å². The summed E-state index contributed by atoms with van der Waals surface area (Å²) in [7, 11) is 2.70. The van der Waals surface area contributed by atoms with Crippen LogP contribution < -0.4 is 5.32 Å². The lowest BCUT2D eigenvalue weighted by Gasteiger charge is -2.17. The van der Waals surface area contributed by atoms with Crippen molar-refractivity contribution in [2.45, 2.75) is 33.2 Å². The zero-order chi connectivity index (χ0) is 14.1. The predicted molar refractivity (Wildman–Crippen MR) is 69.0 cm³/mol. The molecule has 1 atom stereocenters. The van der Waals surface area contributed by atoms with Gasteiger partial charge in [0, 0.05) is 12.1 Å². The number of methoxy groups -OCH3 is 2. The first-order valence-electron chi connectivity index (χ1n) is 5.98. The smallest absolute Gasteiger partial charge is 0.333 e. The molecule has 0 heterocycles. The van der Waals surface area contributed by atoms with Crippen LogP contribution in [0.15, 0.2) is 11.6 Å². The SMILES string of the molecule is COC(=O)/C(C)=C\CNC(CC(C)C)C(=O)OC. The van der Waals surface area contributed by atoms with Gasteiger partial charge in [0.05, 0.1) is 14.2 Å². The molecule has 1 N–H and O–H groups in total. The van der Waals surface area contributed by atoms with Crippen LogP contribution in [0.25, 0.3) is 0 Å². The molecule has 0 aliphatic heterocycles. The summed E-state index contributed by atoms with van der Waals surface area (Å²) in [6, 6.07) is -0.350. The topological polar surface area (TPSA) is 64.6 Å². The van der Waals surface area contributed by atoms with E-state index in [9.17, 15) is 9.59 Å². The highest BCUT2D eigenvalue weighted by Crippen LogP contribution is 2.06. The molecule has 5 heteroatoms. The van der Waals surface area contributed by atoms with Crippen molar-refractivity contribution in [3.05, 3.63) is 11.6 Å². The molecule has 104 valence electrons. The highest BCUT2D eigenvalue weighted by Gasteiger charge is 2.19. The quantitative estimate of drug-likeness (QED) is 0.550. The molecule has 1 unspecified atom stereocenters. The number of rotatable bonds is 7. The molecule has 0 bridgehead atoms. The highest BCUT2D eigenvalue weighted by atomic mass is 16.5. The van der Waals surface area contributed by atoms with Gasteiger partial charge in [-0.15, -0.1) is 0 Å². The molecule has 0 aromatic carbocycles. The van der Waals surface area contributed by atoms with Gasteiger partial charge in [0.15, 0.2) is 0 Å². The second kappa shape index (κ2) is 8.69. The molecular formula is C13H23NO4. The largest absolute Gasteiger partial charge is 0.468 e. The van der Waals surface area contributed by atoms with Gasteiger partial charge in [0.2, 0.25) is 0 Å². The summed E-state index contributed by atoms with van der Waals surface area (Å²) < 4.78 is 9.30. The van der Waals surface area contributed by atoms with E-state index in [4.69, 9.17) is 4.74 Å². The van der Waals surface area contributed by atoms with Gasteiger partial charge < -0.3 is 14.8 Å². The van der Waals surface area contributed by atoms with Crippen LogP contribution in [-0.4, -0.2) is 38.7 Å². The summed E-state index contributed by atoms with van der Waals surface area (Å²) in [6.07, 6.45) is 2.39. The van der Waals surface area contributed by atoms with Crippen molar-refractivity contribution in [1.29, 1.82) is 0 Å². The van der Waals surface area contributed by atoms with Crippen molar-refractivity contribution in [2.24, 2.45) is 5.92 Å². The molecule has 0 aliphatic carbocycles. The molecule has 0 saturated carbocycles. The Kier molecular flexibility index (Phi) is 8.03. The van der Waals surface area contributed by atoms with Crippen LogP contribution in [-0.2, 0) is 19.1 Å². The van der Waals surface area contributed by atoms with Crippen molar-refractivity contribution in [3.63, 3.8) is 0 Å². The van der Waals surface area contributed by atoms with Crippen LogP contribution in [0.4, 0.5) is 0 Å². The Morgan fingerprint density at radius 3 is 2.28 bits per heavy atom. The molecule has 5 nitrogen and oxygen atoms in total. The minimum atomic E-state index is -0.365. The fourth-order valence-electron chi connectivity index (χ4n) is 1.48. The Labute approximate surface area is 109 Å². The van der Waals surface area contributed by atoms with Gasteiger partial charge in [-0.2, -0.15) is 0 Å². The summed E-state index contributed by atoms with van der Waals surface area (Å²) >= 11 is 0. The van der Waals surface area contributed by atoms with Crippen LogP contribution in [0, 0.1) is 5.92 Å². The van der Waals surface area contributed by atoms with E-state index < -0.39 is 0 Å². The third kappa shape index (κ3) is 6.39. The van der Waals surface area contributed by atoms with Gasteiger partial charge in [-0.25, -0.2) is 4.79 Å². The number of nitrogens with one attached hydrogen (secondary N) is 1. The van der Waals surface area contributed by atoms with Crippen LogP contribution in [0.2, 0.25) is 0 Å². The van der Waals surface area contributed by atoms with E-state index in [1.54, 1.807) is 13.0 Å². The number of hydrogen-bond donors (Lipinski definition) is 1. The van der Waals surface area contributed by atoms with Gasteiger partial charge >= 0.3 is 11.9 Å². The Balaban J connectivity index is 4.35. The Morgan fingerprint density at radius 1 is 1.22 bits per heavy atom. The first-order chi connectivity index (χ1) is 8.42. The number of carbonyl (C=O) groups excluding carboxylic acids is 2. The zero-order valence-electron chi connectivity index (χ0n) is 11.8. The first-order valence-corrected chi connectivity index (χ1v) is 5.98. The highest BCUT2D eigenvalue weighted by molar-refractivity contribution is 5.87. The van der Waals surface area contributed by atoms with Gasteiger partial charge in [-0.05, 0) is 19.3 Å². The van der Waals surface area contributed by atoms with Crippen molar-refractivity contribution in [2.75, 3.05) is 20.8 Å². The Bertz CT molecular complexity index is 310. The summed E-state index contributed by atoms with van der Waals surface area (Å²) in [6.45, 7) is 6.16. The number of hydrogen-bond acceptors (Lipinski definition) is 5. The number of esters is 2. The van der Waals surface area contributed by atoms with E-state index in [0.717, 1.165) is 0 Å². The van der Waals surface area contributed by atoms with E-state index >= 15 is 0 Å². The molecule has 18 heavy (non-hydrogen) atoms. The second-order valence-electron chi connectivity index (χ2n) is 4.49. The second-order valence-corrected chi connectivity index (χ2v) is 4.49. The van der Waals surface area contributed by atoms with Crippen LogP contribution in [0.5, 0.6) is 0 Å². The molecule has 0 amide bonds. The number of carbonyl (C=O) groups is 2. The van der Waals surface area contributed by atoms with Crippen molar-refractivity contribution in [1.82, 2.24) is 5.32 Å². The molecule has 0 aromatic heterocycles. The maximum absolute atomic E-state index is 11.5. The van der Waals surface area contributed by atoms with Crippen LogP contribution in [0.1, 0.15) is 27.2 Å². The normalized spacial score (nSPS) is 13.3. The third-order valence-electron chi connectivity index (χ3n) is 2.47. The lowest BCUT2D eigenvalue weighted by molar-refractivity contribution is -0.143. The van der Waals surface area contributed by atoms with Crippen molar-refractivity contribution >= 4 is 11.9 Å². The van der Waals surface area contributed by atoms with E-state index in [-0.39, 0.29) is 18.0 Å². The van der Waals surface area contributed by atoms with E-state index in [2.05, 4.69) is 10.1 Å². The average molecular weight is 257 g/mol. The summed E-state index contributed by atoms with van der Waals surface area (Å²) in [5.74, 6) is -0.268. The molecular weight excluding hydrogens is 234 g/mol. The van der Waals surface area contributed by atoms with E-state index in [1.807, 2.05) is 13.8 Å². The summed E-state index contributed by atoms with van der Waals surface area (Å²) in [4.78, 5) is 22.7. The summed E-state index contributed by atoms with van der Waals surface area (Å²) in [5.41, 5.74) is 0.512.